The second-order valence-corrected chi connectivity index (χ2v) is 6.38. The molecule has 0 aliphatic rings. The van der Waals surface area contributed by atoms with Crippen LogP contribution in [0.5, 0.6) is 0 Å². The quantitative estimate of drug-likeness (QED) is 0.548. The lowest BCUT2D eigenvalue weighted by Crippen LogP contribution is -1.94. The van der Waals surface area contributed by atoms with Crippen molar-refractivity contribution in [1.82, 2.24) is 19.3 Å². The Bertz CT molecular complexity index is 995. The van der Waals surface area contributed by atoms with Gasteiger partial charge in [-0.25, -0.2) is 4.98 Å². The first-order valence-electron chi connectivity index (χ1n) is 7.13. The summed E-state index contributed by atoms with van der Waals surface area (Å²) in [5, 5.41) is 4.22. The van der Waals surface area contributed by atoms with Crippen molar-refractivity contribution in [2.75, 3.05) is 5.73 Å². The van der Waals surface area contributed by atoms with Gasteiger partial charge in [-0.3, -0.25) is 9.25 Å². The lowest BCUT2D eigenvalue weighted by molar-refractivity contribution is 0.768. The number of nitrogen functional groups attached to an aromatic ring is 1. The third-order valence-corrected chi connectivity index (χ3v) is 4.23. The Balaban J connectivity index is 1.84. The summed E-state index contributed by atoms with van der Waals surface area (Å²) in [6, 6.07) is 12.1. The number of aryl methyl sites for hydroxylation is 1. The Hall–Kier alpha value is -2.60. The van der Waals surface area contributed by atoms with Crippen molar-refractivity contribution in [3.63, 3.8) is 0 Å². The van der Waals surface area contributed by atoms with E-state index in [1.54, 1.807) is 4.68 Å². The highest BCUT2D eigenvalue weighted by molar-refractivity contribution is 9.10. The van der Waals surface area contributed by atoms with Crippen LogP contribution >= 0.6 is 15.9 Å². The molecule has 0 unspecified atom stereocenters. The first-order valence-corrected chi connectivity index (χ1v) is 7.92. The van der Waals surface area contributed by atoms with E-state index in [2.05, 4.69) is 44.2 Å². The molecular weight excluding hydrogens is 354 g/mol. The fourth-order valence-electron chi connectivity index (χ4n) is 2.70. The van der Waals surface area contributed by atoms with Crippen molar-refractivity contribution in [2.24, 2.45) is 7.05 Å². The zero-order valence-electron chi connectivity index (χ0n) is 12.4. The predicted molar refractivity (Wildman–Crippen MR) is 95.4 cm³/mol. The van der Waals surface area contributed by atoms with Gasteiger partial charge in [0.2, 0.25) is 0 Å². The maximum absolute atomic E-state index is 5.94. The third kappa shape index (κ3) is 2.51. The van der Waals surface area contributed by atoms with E-state index in [0.717, 1.165) is 32.3 Å². The molecule has 2 aromatic heterocycles. The first kappa shape index (κ1) is 14.0. The van der Waals surface area contributed by atoms with Crippen LogP contribution in [0.2, 0.25) is 0 Å². The molecule has 4 rings (SSSR count). The van der Waals surface area contributed by atoms with Crippen LogP contribution in [0.25, 0.3) is 27.8 Å². The summed E-state index contributed by atoms with van der Waals surface area (Å²) in [7, 11) is 1.91. The maximum Gasteiger partial charge on any atom is 0.100 e. The summed E-state index contributed by atoms with van der Waals surface area (Å²) >= 11 is 3.48. The lowest BCUT2D eigenvalue weighted by atomic mass is 10.1. The standard InChI is InChI=1S/C17H14BrN5/c1-22-9-12(8-21-22)11-2-3-17-16(4-11)20-10-23(17)15-6-13(18)5-14(19)7-15/h2-10H,19H2,1H3. The molecule has 0 amide bonds. The van der Waals surface area contributed by atoms with Crippen molar-refractivity contribution in [3.05, 3.63) is 59.6 Å². The van der Waals surface area contributed by atoms with Crippen LogP contribution in [0.1, 0.15) is 0 Å². The number of benzene rings is 2. The summed E-state index contributed by atoms with van der Waals surface area (Å²) < 4.78 is 4.77. The molecule has 0 atom stereocenters. The molecule has 5 nitrogen and oxygen atoms in total. The predicted octanol–water partition coefficient (Wildman–Crippen LogP) is 3.77. The minimum Gasteiger partial charge on any atom is -0.399 e. The van der Waals surface area contributed by atoms with Crippen LogP contribution in [0, 0.1) is 0 Å². The Kier molecular flexibility index (Phi) is 3.20. The number of hydrogen-bond donors (Lipinski definition) is 1. The number of nitrogens with two attached hydrogens (primary N) is 1. The van der Waals surface area contributed by atoms with Crippen LogP contribution in [0.15, 0.2) is 59.6 Å². The van der Waals surface area contributed by atoms with Crippen LogP contribution in [-0.2, 0) is 7.05 Å². The molecule has 4 aromatic rings. The van der Waals surface area contributed by atoms with E-state index in [9.17, 15) is 0 Å². The van der Waals surface area contributed by atoms with Gasteiger partial charge in [0, 0.05) is 29.0 Å². The fourth-order valence-corrected chi connectivity index (χ4v) is 3.20. The number of hydrogen-bond acceptors (Lipinski definition) is 3. The van der Waals surface area contributed by atoms with E-state index in [1.807, 2.05) is 48.5 Å². The van der Waals surface area contributed by atoms with E-state index < -0.39 is 0 Å². The highest BCUT2D eigenvalue weighted by atomic mass is 79.9. The number of aromatic nitrogens is 4. The summed E-state index contributed by atoms with van der Waals surface area (Å²) in [5.41, 5.74) is 11.8. The van der Waals surface area contributed by atoms with E-state index >= 15 is 0 Å². The summed E-state index contributed by atoms with van der Waals surface area (Å²) in [6.07, 6.45) is 5.67. The minimum atomic E-state index is 0.711. The summed E-state index contributed by atoms with van der Waals surface area (Å²) in [6.45, 7) is 0. The highest BCUT2D eigenvalue weighted by Crippen LogP contribution is 2.27. The molecule has 2 heterocycles. The Morgan fingerprint density at radius 1 is 1.09 bits per heavy atom. The molecule has 0 saturated heterocycles. The summed E-state index contributed by atoms with van der Waals surface area (Å²) in [4.78, 5) is 4.53. The van der Waals surface area contributed by atoms with Crippen molar-refractivity contribution in [3.8, 4) is 16.8 Å². The number of halogens is 1. The molecule has 0 bridgehead atoms. The van der Waals surface area contributed by atoms with Gasteiger partial charge in [0.15, 0.2) is 0 Å². The monoisotopic (exact) mass is 367 g/mol. The Labute approximate surface area is 141 Å². The number of rotatable bonds is 2. The molecule has 0 aliphatic carbocycles. The SMILES string of the molecule is Cn1cc(-c2ccc3c(c2)ncn3-c2cc(N)cc(Br)c2)cn1. The van der Waals surface area contributed by atoms with Crippen LogP contribution < -0.4 is 5.73 Å². The molecule has 0 spiro atoms. The van der Waals surface area contributed by atoms with E-state index in [1.165, 1.54) is 0 Å². The first-order chi connectivity index (χ1) is 11.1. The smallest absolute Gasteiger partial charge is 0.100 e. The minimum absolute atomic E-state index is 0.711. The van der Waals surface area contributed by atoms with Gasteiger partial charge in [-0.05, 0) is 35.9 Å². The van der Waals surface area contributed by atoms with Crippen molar-refractivity contribution >= 4 is 32.7 Å². The van der Waals surface area contributed by atoms with E-state index in [-0.39, 0.29) is 0 Å². The van der Waals surface area contributed by atoms with E-state index in [4.69, 9.17) is 5.73 Å². The molecule has 2 aromatic carbocycles. The van der Waals surface area contributed by atoms with Crippen molar-refractivity contribution < 1.29 is 0 Å². The van der Waals surface area contributed by atoms with E-state index in [0.29, 0.717) is 5.69 Å². The molecule has 2 N–H and O–H groups in total. The topological polar surface area (TPSA) is 61.7 Å². The molecule has 0 fully saturated rings. The Morgan fingerprint density at radius 2 is 1.96 bits per heavy atom. The average Bonchev–Trinajstić information content (AvgIpc) is 3.11. The molecule has 0 radical (unpaired) electrons. The lowest BCUT2D eigenvalue weighted by Gasteiger charge is -2.07. The van der Waals surface area contributed by atoms with Crippen LogP contribution in [0.4, 0.5) is 5.69 Å². The van der Waals surface area contributed by atoms with Crippen molar-refractivity contribution in [2.45, 2.75) is 0 Å². The van der Waals surface area contributed by atoms with Gasteiger partial charge in [0.25, 0.3) is 0 Å². The Morgan fingerprint density at radius 3 is 2.70 bits per heavy atom. The number of anilines is 1. The normalized spacial score (nSPS) is 11.2. The van der Waals surface area contributed by atoms with Gasteiger partial charge in [-0.1, -0.05) is 22.0 Å². The fraction of sp³-hybridized carbons (Fsp3) is 0.0588. The van der Waals surface area contributed by atoms with Crippen LogP contribution in [0.3, 0.4) is 0 Å². The molecule has 0 saturated carbocycles. The second kappa shape index (κ2) is 5.24. The van der Waals surface area contributed by atoms with Gasteiger partial charge in [0.05, 0.1) is 22.9 Å². The van der Waals surface area contributed by atoms with Gasteiger partial charge in [0.1, 0.15) is 6.33 Å². The highest BCUT2D eigenvalue weighted by Gasteiger charge is 2.08. The van der Waals surface area contributed by atoms with Crippen molar-refractivity contribution in [1.29, 1.82) is 0 Å². The van der Waals surface area contributed by atoms with Gasteiger partial charge in [-0.2, -0.15) is 5.10 Å². The maximum atomic E-state index is 5.94. The molecule has 6 heteroatoms. The number of fused-ring (bicyclic) bond motifs is 1. The largest absolute Gasteiger partial charge is 0.399 e. The summed E-state index contributed by atoms with van der Waals surface area (Å²) in [5.74, 6) is 0. The molecular formula is C17H14BrN5. The number of nitrogens with zero attached hydrogens (tertiary/aromatic N) is 4. The second-order valence-electron chi connectivity index (χ2n) is 5.46. The average molecular weight is 368 g/mol. The van der Waals surface area contributed by atoms with Gasteiger partial charge in [-0.15, -0.1) is 0 Å². The van der Waals surface area contributed by atoms with Crippen LogP contribution in [-0.4, -0.2) is 19.3 Å². The third-order valence-electron chi connectivity index (χ3n) is 3.77. The zero-order chi connectivity index (χ0) is 16.0. The number of imidazole rings is 1. The molecule has 0 aliphatic heterocycles. The zero-order valence-corrected chi connectivity index (χ0v) is 14.0. The van der Waals surface area contributed by atoms with Gasteiger partial charge >= 0.3 is 0 Å². The van der Waals surface area contributed by atoms with Gasteiger partial charge < -0.3 is 5.73 Å². The molecule has 114 valence electrons. The molecule has 23 heavy (non-hydrogen) atoms.